The van der Waals surface area contributed by atoms with Crippen LogP contribution in [0.4, 0.5) is 0 Å². The molecular formula is C25H23N4+. The molecule has 2 aromatic carbocycles. The molecule has 29 heavy (non-hydrogen) atoms. The van der Waals surface area contributed by atoms with Crippen LogP contribution in [0.2, 0.25) is 0 Å². The maximum absolute atomic E-state index is 4.37. The third kappa shape index (κ3) is 3.78. The van der Waals surface area contributed by atoms with Gasteiger partial charge >= 0.3 is 0 Å². The van der Waals surface area contributed by atoms with E-state index >= 15 is 0 Å². The molecule has 142 valence electrons. The Bertz CT molecular complexity index is 1180. The summed E-state index contributed by atoms with van der Waals surface area (Å²) in [7, 11) is 2.05. The number of aromatic nitrogens is 4. The number of aryl methyl sites for hydroxylation is 1. The second kappa shape index (κ2) is 8.07. The van der Waals surface area contributed by atoms with Crippen LogP contribution in [0, 0.1) is 0 Å². The Labute approximate surface area is 171 Å². The topological polar surface area (TPSA) is 34.6 Å². The highest BCUT2D eigenvalue weighted by Gasteiger charge is 2.11. The summed E-state index contributed by atoms with van der Waals surface area (Å²) in [6.45, 7) is 5.88. The van der Waals surface area contributed by atoms with Crippen molar-refractivity contribution >= 4 is 5.57 Å². The molecule has 0 unspecified atom stereocenters. The van der Waals surface area contributed by atoms with Crippen LogP contribution in [0.3, 0.4) is 0 Å². The van der Waals surface area contributed by atoms with Crippen LogP contribution in [0.25, 0.3) is 33.8 Å². The van der Waals surface area contributed by atoms with E-state index in [0.29, 0.717) is 0 Å². The van der Waals surface area contributed by atoms with Gasteiger partial charge in [0.1, 0.15) is 12.7 Å². The number of allylic oxidation sites excluding steroid dienone is 3. The average molecular weight is 379 g/mol. The molecule has 0 N–H and O–H groups in total. The van der Waals surface area contributed by atoms with Crippen LogP contribution in [-0.2, 0) is 7.05 Å². The van der Waals surface area contributed by atoms with E-state index in [0.717, 1.165) is 39.3 Å². The molecule has 0 saturated heterocycles. The fourth-order valence-corrected chi connectivity index (χ4v) is 3.39. The van der Waals surface area contributed by atoms with Crippen molar-refractivity contribution in [2.24, 2.45) is 7.05 Å². The van der Waals surface area contributed by atoms with Crippen LogP contribution < -0.4 is 4.57 Å². The molecule has 0 aliphatic carbocycles. The number of pyridine rings is 1. The van der Waals surface area contributed by atoms with Crippen LogP contribution in [0.1, 0.15) is 12.5 Å². The fourth-order valence-electron chi connectivity index (χ4n) is 3.39. The van der Waals surface area contributed by atoms with Crippen molar-refractivity contribution in [1.82, 2.24) is 15.0 Å². The molecule has 0 aliphatic heterocycles. The molecule has 0 amide bonds. The molecule has 2 heterocycles. The lowest BCUT2D eigenvalue weighted by Gasteiger charge is -2.04. The maximum atomic E-state index is 4.37. The lowest BCUT2D eigenvalue weighted by atomic mass is 10.0. The first-order chi connectivity index (χ1) is 14.2. The van der Waals surface area contributed by atoms with Crippen molar-refractivity contribution < 1.29 is 4.57 Å². The minimum Gasteiger partial charge on any atom is -0.220 e. The summed E-state index contributed by atoms with van der Waals surface area (Å²) < 4.78 is 3.92. The van der Waals surface area contributed by atoms with Gasteiger partial charge in [-0.25, -0.2) is 9.25 Å². The molecule has 4 nitrogen and oxygen atoms in total. The highest BCUT2D eigenvalue weighted by Crippen LogP contribution is 2.23. The second-order valence-electron chi connectivity index (χ2n) is 6.82. The number of hydrogen-bond donors (Lipinski definition) is 0. The Morgan fingerprint density at radius 3 is 2.55 bits per heavy atom. The number of hydrogen-bond acceptors (Lipinski definition) is 2. The van der Waals surface area contributed by atoms with Crippen molar-refractivity contribution in [3.63, 3.8) is 0 Å². The molecule has 0 radical (unpaired) electrons. The lowest BCUT2D eigenvalue weighted by Crippen LogP contribution is -2.29. The number of benzene rings is 2. The Kier molecular flexibility index (Phi) is 5.16. The average Bonchev–Trinajstić information content (AvgIpc) is 3.26. The van der Waals surface area contributed by atoms with Crippen molar-refractivity contribution in [3.8, 4) is 28.2 Å². The Balaban J connectivity index is 1.64. The Morgan fingerprint density at radius 1 is 1.00 bits per heavy atom. The van der Waals surface area contributed by atoms with Gasteiger partial charge in [0.25, 0.3) is 0 Å². The van der Waals surface area contributed by atoms with E-state index in [1.807, 2.05) is 61.4 Å². The van der Waals surface area contributed by atoms with E-state index in [2.05, 4.69) is 70.0 Å². The highest BCUT2D eigenvalue weighted by molar-refractivity contribution is 5.75. The zero-order valence-corrected chi connectivity index (χ0v) is 16.7. The lowest BCUT2D eigenvalue weighted by molar-refractivity contribution is -0.660. The van der Waals surface area contributed by atoms with Crippen LogP contribution in [-0.4, -0.2) is 15.0 Å². The van der Waals surface area contributed by atoms with E-state index in [4.69, 9.17) is 0 Å². The SMILES string of the molecule is C=C/C(=C\C)c1ccc(-c2cn(-c3cccc(-c4cccc[n+]4C)c3)nn2)cc1. The molecule has 4 rings (SSSR count). The third-order valence-corrected chi connectivity index (χ3v) is 5.00. The Morgan fingerprint density at radius 2 is 1.83 bits per heavy atom. The van der Waals surface area contributed by atoms with Crippen molar-refractivity contribution in [2.75, 3.05) is 0 Å². The minimum absolute atomic E-state index is 0.841. The predicted molar refractivity (Wildman–Crippen MR) is 117 cm³/mol. The van der Waals surface area contributed by atoms with E-state index < -0.39 is 0 Å². The molecule has 0 aliphatic rings. The predicted octanol–water partition coefficient (Wildman–Crippen LogP) is 5.02. The van der Waals surface area contributed by atoms with Crippen molar-refractivity contribution in [1.29, 1.82) is 0 Å². The summed E-state index contributed by atoms with van der Waals surface area (Å²) in [5.41, 5.74) is 7.39. The number of rotatable bonds is 5. The first kappa shape index (κ1) is 18.6. The first-order valence-corrected chi connectivity index (χ1v) is 9.57. The summed E-state index contributed by atoms with van der Waals surface area (Å²) in [5, 5.41) is 8.71. The largest absolute Gasteiger partial charge is 0.220 e. The number of nitrogens with zero attached hydrogens (tertiary/aromatic N) is 4. The molecule has 2 aromatic heterocycles. The first-order valence-electron chi connectivity index (χ1n) is 9.57. The zero-order valence-electron chi connectivity index (χ0n) is 16.7. The molecule has 0 bridgehead atoms. The zero-order chi connectivity index (χ0) is 20.2. The van der Waals surface area contributed by atoms with Gasteiger partial charge in [-0.05, 0) is 42.3 Å². The smallest absolute Gasteiger partial charge is 0.212 e. The van der Waals surface area contributed by atoms with Crippen LogP contribution >= 0.6 is 0 Å². The van der Waals surface area contributed by atoms with Gasteiger partial charge in [0.2, 0.25) is 5.69 Å². The van der Waals surface area contributed by atoms with E-state index in [1.165, 1.54) is 0 Å². The van der Waals surface area contributed by atoms with Gasteiger partial charge < -0.3 is 0 Å². The summed E-state index contributed by atoms with van der Waals surface area (Å²) in [6, 6.07) is 22.8. The van der Waals surface area contributed by atoms with Crippen molar-refractivity contribution in [3.05, 3.63) is 103 Å². The van der Waals surface area contributed by atoms with E-state index in [-0.39, 0.29) is 0 Å². The van der Waals surface area contributed by atoms with Crippen LogP contribution in [0.5, 0.6) is 0 Å². The van der Waals surface area contributed by atoms with Gasteiger partial charge in [-0.15, -0.1) is 5.10 Å². The quantitative estimate of drug-likeness (QED) is 0.361. The summed E-state index contributed by atoms with van der Waals surface area (Å²) >= 11 is 0. The highest BCUT2D eigenvalue weighted by atomic mass is 15.4. The van der Waals surface area contributed by atoms with Gasteiger partial charge in [-0.2, -0.15) is 0 Å². The van der Waals surface area contributed by atoms with E-state index in [9.17, 15) is 0 Å². The summed E-state index contributed by atoms with van der Waals surface area (Å²) in [6.07, 6.45) is 7.93. The molecule has 0 saturated carbocycles. The van der Waals surface area contributed by atoms with Gasteiger partial charge in [-0.1, -0.05) is 54.3 Å². The van der Waals surface area contributed by atoms with Gasteiger partial charge in [0.15, 0.2) is 6.20 Å². The molecule has 0 atom stereocenters. The van der Waals surface area contributed by atoms with Gasteiger partial charge in [0, 0.05) is 23.3 Å². The Hall–Kier alpha value is -3.79. The minimum atomic E-state index is 0.841. The molecular weight excluding hydrogens is 356 g/mol. The normalized spacial score (nSPS) is 11.4. The molecule has 4 aromatic rings. The molecule has 0 spiro atoms. The van der Waals surface area contributed by atoms with Gasteiger partial charge in [-0.3, -0.25) is 0 Å². The summed E-state index contributed by atoms with van der Waals surface area (Å²) in [5.74, 6) is 0. The monoisotopic (exact) mass is 379 g/mol. The molecule has 4 heteroatoms. The van der Waals surface area contributed by atoms with Crippen LogP contribution in [0.15, 0.2) is 97.9 Å². The molecule has 0 fully saturated rings. The standard InChI is InChI=1S/C25H23N4/c1-4-19(5-2)20-12-14-21(15-13-20)24-18-29(27-26-24)23-10-8-9-22(17-23)25-11-6-7-16-28(25)3/h4-18H,1H2,2-3H3/q+1/b19-5+. The summed E-state index contributed by atoms with van der Waals surface area (Å²) in [4.78, 5) is 0. The van der Waals surface area contributed by atoms with Crippen molar-refractivity contribution in [2.45, 2.75) is 6.92 Å². The second-order valence-corrected chi connectivity index (χ2v) is 6.82. The third-order valence-electron chi connectivity index (χ3n) is 5.00. The van der Waals surface area contributed by atoms with E-state index in [1.54, 1.807) is 0 Å². The maximum Gasteiger partial charge on any atom is 0.212 e. The fraction of sp³-hybridized carbons (Fsp3) is 0.0800. The van der Waals surface area contributed by atoms with Gasteiger partial charge in [0.05, 0.1) is 11.9 Å².